The van der Waals surface area contributed by atoms with Crippen LogP contribution in [0.1, 0.15) is 12.5 Å². The highest BCUT2D eigenvalue weighted by atomic mass is 32.2. The number of benzene rings is 2. The first-order chi connectivity index (χ1) is 12.4. The van der Waals surface area contributed by atoms with Gasteiger partial charge >= 0.3 is 0 Å². The number of fused-ring (bicyclic) bond motifs is 1. The quantitative estimate of drug-likeness (QED) is 0.602. The van der Waals surface area contributed by atoms with Crippen LogP contribution in [0.4, 0.5) is 4.39 Å². The fraction of sp³-hybridized carbons (Fsp3) is 0.278. The zero-order valence-corrected chi connectivity index (χ0v) is 16.1. The predicted octanol–water partition coefficient (Wildman–Crippen LogP) is 3.48. The number of thiazole rings is 1. The van der Waals surface area contributed by atoms with Crippen molar-refractivity contribution in [1.82, 2.24) is 4.57 Å². The number of aryl methyl sites for hydroxylation is 1. The topological polar surface area (TPSA) is 60.7 Å². The summed E-state index contributed by atoms with van der Waals surface area (Å²) in [4.78, 5) is 0.336. The van der Waals surface area contributed by atoms with Gasteiger partial charge < -0.3 is 9.30 Å². The lowest BCUT2D eigenvalue weighted by molar-refractivity contribution is 0.139. The minimum absolute atomic E-state index is 0.109. The molecule has 0 radical (unpaired) electrons. The first kappa shape index (κ1) is 18.8. The summed E-state index contributed by atoms with van der Waals surface area (Å²) in [5.41, 5.74) is 1.30. The number of sulfonamides is 1. The fourth-order valence-corrected chi connectivity index (χ4v) is 4.80. The SMILES string of the molecule is CCOCCn1/c(=N/S(=O)(=O)c2ccc(C)cc2)sc2cccc(F)c21. The molecule has 0 aliphatic heterocycles. The molecule has 0 unspecified atom stereocenters. The number of para-hydroxylation sites is 1. The minimum Gasteiger partial charge on any atom is -0.380 e. The van der Waals surface area contributed by atoms with Crippen molar-refractivity contribution in [3.63, 3.8) is 0 Å². The summed E-state index contributed by atoms with van der Waals surface area (Å²) in [5.74, 6) is -0.413. The Bertz CT molecular complexity index is 1080. The van der Waals surface area contributed by atoms with Crippen LogP contribution in [0.15, 0.2) is 51.8 Å². The maximum atomic E-state index is 14.3. The van der Waals surface area contributed by atoms with Crippen molar-refractivity contribution in [3.8, 4) is 0 Å². The van der Waals surface area contributed by atoms with Gasteiger partial charge in [0.1, 0.15) is 5.82 Å². The summed E-state index contributed by atoms with van der Waals surface area (Å²) in [6, 6.07) is 11.2. The third kappa shape index (κ3) is 3.87. The molecule has 0 aliphatic rings. The third-order valence-electron chi connectivity index (χ3n) is 3.83. The average Bonchev–Trinajstić information content (AvgIpc) is 2.93. The number of hydrogen-bond acceptors (Lipinski definition) is 4. The Balaban J connectivity index is 2.16. The zero-order chi connectivity index (χ0) is 18.7. The van der Waals surface area contributed by atoms with E-state index in [1.165, 1.54) is 18.2 Å². The summed E-state index contributed by atoms with van der Waals surface area (Å²) >= 11 is 1.14. The molecule has 3 aromatic rings. The van der Waals surface area contributed by atoms with Crippen LogP contribution in [0, 0.1) is 12.7 Å². The molecule has 26 heavy (non-hydrogen) atoms. The van der Waals surface area contributed by atoms with Gasteiger partial charge in [0.2, 0.25) is 4.80 Å². The molecule has 0 aliphatic carbocycles. The van der Waals surface area contributed by atoms with Gasteiger partial charge in [-0.3, -0.25) is 0 Å². The van der Waals surface area contributed by atoms with Crippen LogP contribution >= 0.6 is 11.3 Å². The van der Waals surface area contributed by atoms with E-state index in [1.807, 2.05) is 13.8 Å². The molecular weight excluding hydrogens is 375 g/mol. The highest BCUT2D eigenvalue weighted by Crippen LogP contribution is 2.21. The smallest absolute Gasteiger partial charge is 0.285 e. The third-order valence-corrected chi connectivity index (χ3v) is 6.27. The van der Waals surface area contributed by atoms with Gasteiger partial charge in [0.05, 0.1) is 21.7 Å². The molecule has 1 heterocycles. The number of nitrogens with zero attached hydrogens (tertiary/aromatic N) is 2. The Morgan fingerprint density at radius 2 is 1.92 bits per heavy atom. The lowest BCUT2D eigenvalue weighted by atomic mass is 10.2. The van der Waals surface area contributed by atoms with E-state index in [0.717, 1.165) is 16.9 Å². The van der Waals surface area contributed by atoms with Gasteiger partial charge in [0.25, 0.3) is 10.0 Å². The van der Waals surface area contributed by atoms with Crippen LogP contribution in [-0.4, -0.2) is 26.2 Å². The number of aromatic nitrogens is 1. The molecular formula is C18H19FN2O3S2. The van der Waals surface area contributed by atoms with Crippen LogP contribution in [-0.2, 0) is 21.3 Å². The largest absolute Gasteiger partial charge is 0.380 e. The summed E-state index contributed by atoms with van der Waals surface area (Å²) < 4.78 is 51.2. The second-order valence-electron chi connectivity index (χ2n) is 5.70. The molecule has 2 aromatic carbocycles. The molecule has 0 bridgehead atoms. The molecule has 138 valence electrons. The van der Waals surface area contributed by atoms with E-state index in [1.54, 1.807) is 28.8 Å². The van der Waals surface area contributed by atoms with E-state index < -0.39 is 15.8 Å². The second kappa shape index (κ2) is 7.69. The van der Waals surface area contributed by atoms with Crippen LogP contribution in [0.2, 0.25) is 0 Å². The van der Waals surface area contributed by atoms with Crippen molar-refractivity contribution in [2.75, 3.05) is 13.2 Å². The molecule has 8 heteroatoms. The van der Waals surface area contributed by atoms with Crippen LogP contribution in [0.25, 0.3) is 10.2 Å². The van der Waals surface area contributed by atoms with Crippen molar-refractivity contribution >= 4 is 31.6 Å². The number of hydrogen-bond donors (Lipinski definition) is 0. The zero-order valence-electron chi connectivity index (χ0n) is 14.5. The molecule has 0 saturated heterocycles. The van der Waals surface area contributed by atoms with Crippen molar-refractivity contribution in [3.05, 3.63) is 58.6 Å². The molecule has 0 spiro atoms. The summed E-state index contributed by atoms with van der Waals surface area (Å²) in [7, 11) is -3.89. The Morgan fingerprint density at radius 3 is 2.62 bits per heavy atom. The second-order valence-corrected chi connectivity index (χ2v) is 8.31. The highest BCUT2D eigenvalue weighted by Gasteiger charge is 2.16. The Labute approximate surface area is 155 Å². The lowest BCUT2D eigenvalue weighted by Gasteiger charge is -2.06. The molecule has 0 atom stereocenters. The first-order valence-corrected chi connectivity index (χ1v) is 10.4. The molecule has 0 N–H and O–H groups in total. The Morgan fingerprint density at radius 1 is 1.19 bits per heavy atom. The maximum absolute atomic E-state index is 14.3. The van der Waals surface area contributed by atoms with Crippen molar-refractivity contribution < 1.29 is 17.5 Å². The molecule has 0 saturated carbocycles. The van der Waals surface area contributed by atoms with Crippen LogP contribution < -0.4 is 4.80 Å². The van der Waals surface area contributed by atoms with Gasteiger partial charge in [-0.05, 0) is 38.1 Å². The van der Waals surface area contributed by atoms with Gasteiger partial charge in [-0.15, -0.1) is 4.40 Å². The van der Waals surface area contributed by atoms with Crippen molar-refractivity contribution in [2.45, 2.75) is 25.3 Å². The minimum atomic E-state index is -3.89. The predicted molar refractivity (Wildman–Crippen MR) is 100 cm³/mol. The van der Waals surface area contributed by atoms with Gasteiger partial charge in [-0.2, -0.15) is 8.42 Å². The van der Waals surface area contributed by atoms with E-state index in [9.17, 15) is 12.8 Å². The van der Waals surface area contributed by atoms with Crippen LogP contribution in [0.3, 0.4) is 0 Å². The molecule has 0 fully saturated rings. The number of halogens is 1. The van der Waals surface area contributed by atoms with Crippen LogP contribution in [0.5, 0.6) is 0 Å². The fourth-order valence-electron chi connectivity index (χ4n) is 2.53. The molecule has 0 amide bonds. The van der Waals surface area contributed by atoms with E-state index in [-0.39, 0.29) is 9.70 Å². The van der Waals surface area contributed by atoms with E-state index in [0.29, 0.717) is 30.0 Å². The first-order valence-electron chi connectivity index (χ1n) is 8.15. The maximum Gasteiger partial charge on any atom is 0.285 e. The van der Waals surface area contributed by atoms with E-state index in [4.69, 9.17) is 4.74 Å². The standard InChI is InChI=1S/C18H19FN2O3S2/c1-3-24-12-11-21-17-15(19)5-4-6-16(17)25-18(21)20-26(22,23)14-9-7-13(2)8-10-14/h4-10H,3,11-12H2,1-2H3/b20-18-. The molecule has 3 rings (SSSR count). The monoisotopic (exact) mass is 394 g/mol. The van der Waals surface area contributed by atoms with E-state index >= 15 is 0 Å². The van der Waals surface area contributed by atoms with Gasteiger partial charge in [0.15, 0.2) is 0 Å². The van der Waals surface area contributed by atoms with Crippen molar-refractivity contribution in [1.29, 1.82) is 0 Å². The molecule has 5 nitrogen and oxygen atoms in total. The normalized spacial score (nSPS) is 12.8. The Hall–Kier alpha value is -2.03. The summed E-state index contributed by atoms with van der Waals surface area (Å²) in [5, 5.41) is 0. The summed E-state index contributed by atoms with van der Waals surface area (Å²) in [6.45, 7) is 4.93. The van der Waals surface area contributed by atoms with Gasteiger partial charge in [0, 0.05) is 13.2 Å². The molecule has 1 aromatic heterocycles. The highest BCUT2D eigenvalue weighted by molar-refractivity contribution is 7.90. The Kier molecular flexibility index (Phi) is 5.55. The summed E-state index contributed by atoms with van der Waals surface area (Å²) in [6.07, 6.45) is 0. The lowest BCUT2D eigenvalue weighted by Crippen LogP contribution is -2.20. The number of rotatable bonds is 6. The van der Waals surface area contributed by atoms with Crippen molar-refractivity contribution in [2.24, 2.45) is 4.40 Å². The number of ether oxygens (including phenoxy) is 1. The van der Waals surface area contributed by atoms with Gasteiger partial charge in [-0.25, -0.2) is 4.39 Å². The van der Waals surface area contributed by atoms with Gasteiger partial charge in [-0.1, -0.05) is 35.1 Å². The van der Waals surface area contributed by atoms with E-state index in [2.05, 4.69) is 4.40 Å². The average molecular weight is 394 g/mol.